The van der Waals surface area contributed by atoms with Crippen molar-refractivity contribution in [2.45, 2.75) is 63.5 Å². The number of hydrogen-bond donors (Lipinski definition) is 0. The van der Waals surface area contributed by atoms with Crippen molar-refractivity contribution in [2.75, 3.05) is 24.5 Å². The Hall–Kier alpha value is -1.02. The van der Waals surface area contributed by atoms with Crippen molar-refractivity contribution in [3.63, 3.8) is 0 Å². The van der Waals surface area contributed by atoms with E-state index in [1.807, 2.05) is 0 Å². The van der Waals surface area contributed by atoms with Crippen LogP contribution in [-0.4, -0.2) is 36.6 Å². The van der Waals surface area contributed by atoms with E-state index in [1.165, 1.54) is 63.8 Å². The van der Waals surface area contributed by atoms with Gasteiger partial charge in [0.2, 0.25) is 0 Å². The van der Waals surface area contributed by atoms with Crippen molar-refractivity contribution in [3.8, 4) is 0 Å². The topological polar surface area (TPSA) is 6.48 Å². The largest absolute Gasteiger partial charge is 0.366 e. The molecule has 3 aliphatic rings. The summed E-state index contributed by atoms with van der Waals surface area (Å²) in [6.45, 7) is 6.14. The molecule has 1 heterocycles. The fourth-order valence-electron chi connectivity index (χ4n) is 4.45. The van der Waals surface area contributed by atoms with E-state index in [1.54, 1.807) is 5.56 Å². The highest BCUT2D eigenvalue weighted by Gasteiger charge is 2.35. The van der Waals surface area contributed by atoms with Crippen LogP contribution >= 0.6 is 0 Å². The number of benzene rings is 1. The molecule has 1 aromatic carbocycles. The summed E-state index contributed by atoms with van der Waals surface area (Å²) in [6, 6.07) is 10.8. The van der Waals surface area contributed by atoms with Gasteiger partial charge in [-0.1, -0.05) is 31.0 Å². The fourth-order valence-corrected chi connectivity index (χ4v) is 4.45. The fraction of sp³-hybridized carbons (Fsp3) is 0.684. The summed E-state index contributed by atoms with van der Waals surface area (Å²) in [5, 5.41) is 0. The SMILES string of the molecule is CC1CN(C2CC2)CCN1c1ccccc1C1CCCC1. The molecule has 21 heavy (non-hydrogen) atoms. The Morgan fingerprint density at radius 3 is 2.43 bits per heavy atom. The van der Waals surface area contributed by atoms with Gasteiger partial charge in [0.1, 0.15) is 0 Å². The summed E-state index contributed by atoms with van der Waals surface area (Å²) in [4.78, 5) is 5.41. The minimum Gasteiger partial charge on any atom is -0.366 e. The number of anilines is 1. The summed E-state index contributed by atoms with van der Waals surface area (Å²) in [5.41, 5.74) is 3.16. The molecule has 0 aromatic heterocycles. The van der Waals surface area contributed by atoms with Gasteiger partial charge in [0.25, 0.3) is 0 Å². The molecule has 1 aliphatic heterocycles. The lowest BCUT2D eigenvalue weighted by Gasteiger charge is -2.42. The van der Waals surface area contributed by atoms with Gasteiger partial charge in [0.05, 0.1) is 0 Å². The Morgan fingerprint density at radius 1 is 0.952 bits per heavy atom. The highest BCUT2D eigenvalue weighted by atomic mass is 15.3. The predicted octanol–water partition coefficient (Wildman–Crippen LogP) is 4.02. The Balaban J connectivity index is 1.55. The van der Waals surface area contributed by atoms with Crippen molar-refractivity contribution in [1.82, 2.24) is 4.90 Å². The molecule has 4 rings (SSSR count). The molecule has 0 amide bonds. The van der Waals surface area contributed by atoms with Crippen molar-refractivity contribution in [3.05, 3.63) is 29.8 Å². The van der Waals surface area contributed by atoms with Crippen molar-refractivity contribution in [2.24, 2.45) is 0 Å². The van der Waals surface area contributed by atoms with Crippen LogP contribution in [0.4, 0.5) is 5.69 Å². The Kier molecular flexibility index (Phi) is 3.66. The Labute approximate surface area is 129 Å². The summed E-state index contributed by atoms with van der Waals surface area (Å²) >= 11 is 0. The Morgan fingerprint density at radius 2 is 1.71 bits per heavy atom. The second kappa shape index (κ2) is 5.64. The number of rotatable bonds is 3. The molecule has 3 fully saturated rings. The first-order valence-electron chi connectivity index (χ1n) is 8.92. The van der Waals surface area contributed by atoms with Gasteiger partial charge >= 0.3 is 0 Å². The lowest BCUT2D eigenvalue weighted by molar-refractivity contribution is 0.219. The van der Waals surface area contributed by atoms with Crippen LogP contribution in [0, 0.1) is 0 Å². The number of piperazine rings is 1. The monoisotopic (exact) mass is 284 g/mol. The second-order valence-corrected chi connectivity index (χ2v) is 7.31. The zero-order valence-electron chi connectivity index (χ0n) is 13.3. The molecule has 1 atom stereocenters. The minimum absolute atomic E-state index is 0.655. The molecule has 2 saturated carbocycles. The zero-order chi connectivity index (χ0) is 14.2. The average molecular weight is 284 g/mol. The van der Waals surface area contributed by atoms with E-state index in [9.17, 15) is 0 Å². The van der Waals surface area contributed by atoms with Crippen LogP contribution < -0.4 is 4.90 Å². The first-order chi connectivity index (χ1) is 10.3. The van der Waals surface area contributed by atoms with Crippen molar-refractivity contribution in [1.29, 1.82) is 0 Å². The molecule has 2 nitrogen and oxygen atoms in total. The van der Waals surface area contributed by atoms with E-state index in [-0.39, 0.29) is 0 Å². The molecule has 0 radical (unpaired) electrons. The maximum absolute atomic E-state index is 2.72. The molecular weight excluding hydrogens is 256 g/mol. The van der Waals surface area contributed by atoms with Gasteiger partial charge in [-0.3, -0.25) is 4.90 Å². The van der Waals surface area contributed by atoms with Gasteiger partial charge < -0.3 is 4.90 Å². The van der Waals surface area contributed by atoms with Crippen LogP contribution in [-0.2, 0) is 0 Å². The van der Waals surface area contributed by atoms with Gasteiger partial charge in [0.15, 0.2) is 0 Å². The van der Waals surface area contributed by atoms with Crippen LogP contribution in [0.2, 0.25) is 0 Å². The smallest absolute Gasteiger partial charge is 0.0404 e. The van der Waals surface area contributed by atoms with Gasteiger partial charge in [-0.2, -0.15) is 0 Å². The zero-order valence-corrected chi connectivity index (χ0v) is 13.3. The third-order valence-electron chi connectivity index (χ3n) is 5.76. The van der Waals surface area contributed by atoms with Crippen LogP contribution in [0.1, 0.15) is 56.9 Å². The number of nitrogens with zero attached hydrogens (tertiary/aromatic N) is 2. The van der Waals surface area contributed by atoms with Crippen LogP contribution in [0.15, 0.2) is 24.3 Å². The molecule has 114 valence electrons. The van der Waals surface area contributed by atoms with E-state index in [0.717, 1.165) is 12.0 Å². The minimum atomic E-state index is 0.655. The van der Waals surface area contributed by atoms with Crippen molar-refractivity contribution < 1.29 is 0 Å². The molecule has 2 aliphatic carbocycles. The molecule has 2 heteroatoms. The summed E-state index contributed by atoms with van der Waals surface area (Å²) in [7, 11) is 0. The summed E-state index contributed by atoms with van der Waals surface area (Å²) in [5.74, 6) is 0.815. The molecule has 0 spiro atoms. The van der Waals surface area contributed by atoms with Gasteiger partial charge in [0, 0.05) is 37.4 Å². The molecule has 1 saturated heterocycles. The van der Waals surface area contributed by atoms with E-state index < -0.39 is 0 Å². The third-order valence-corrected chi connectivity index (χ3v) is 5.76. The van der Waals surface area contributed by atoms with Gasteiger partial charge in [-0.05, 0) is 50.2 Å². The number of para-hydroxylation sites is 1. The molecule has 1 unspecified atom stereocenters. The van der Waals surface area contributed by atoms with Crippen LogP contribution in [0.3, 0.4) is 0 Å². The lowest BCUT2D eigenvalue weighted by atomic mass is 9.94. The van der Waals surface area contributed by atoms with E-state index in [0.29, 0.717) is 6.04 Å². The molecule has 0 N–H and O–H groups in total. The lowest BCUT2D eigenvalue weighted by Crippen LogP contribution is -2.52. The highest BCUT2D eigenvalue weighted by molar-refractivity contribution is 5.56. The Bertz CT molecular complexity index is 488. The van der Waals surface area contributed by atoms with Crippen molar-refractivity contribution >= 4 is 5.69 Å². The third kappa shape index (κ3) is 2.70. The highest BCUT2D eigenvalue weighted by Crippen LogP contribution is 2.40. The van der Waals surface area contributed by atoms with Crippen LogP contribution in [0.5, 0.6) is 0 Å². The van der Waals surface area contributed by atoms with E-state index in [2.05, 4.69) is 41.0 Å². The maximum Gasteiger partial charge on any atom is 0.0404 e. The quantitative estimate of drug-likeness (QED) is 0.827. The second-order valence-electron chi connectivity index (χ2n) is 7.31. The van der Waals surface area contributed by atoms with E-state index >= 15 is 0 Å². The predicted molar refractivity (Wildman–Crippen MR) is 89.1 cm³/mol. The standard InChI is InChI=1S/C19H28N2/c1-15-14-20(17-10-11-17)12-13-21(15)19-9-5-4-8-18(19)16-6-2-3-7-16/h4-5,8-9,15-17H,2-3,6-7,10-14H2,1H3. The van der Waals surface area contributed by atoms with Gasteiger partial charge in [-0.25, -0.2) is 0 Å². The molecular formula is C19H28N2. The average Bonchev–Trinajstić information content (AvgIpc) is 3.22. The summed E-state index contributed by atoms with van der Waals surface area (Å²) < 4.78 is 0. The molecule has 1 aromatic rings. The van der Waals surface area contributed by atoms with E-state index in [4.69, 9.17) is 0 Å². The van der Waals surface area contributed by atoms with Gasteiger partial charge in [-0.15, -0.1) is 0 Å². The molecule has 0 bridgehead atoms. The number of hydrogen-bond acceptors (Lipinski definition) is 2. The summed E-state index contributed by atoms with van der Waals surface area (Å²) in [6.07, 6.45) is 8.51. The normalized spacial score (nSPS) is 28.2. The first-order valence-corrected chi connectivity index (χ1v) is 8.92. The first kappa shape index (κ1) is 13.6. The van der Waals surface area contributed by atoms with Crippen LogP contribution in [0.25, 0.3) is 0 Å². The maximum atomic E-state index is 2.72.